The number of nitrogens with zero attached hydrogens (tertiary/aromatic N) is 2. The van der Waals surface area contributed by atoms with E-state index < -0.39 is 0 Å². The number of halogens is 1. The molecule has 0 amide bonds. The van der Waals surface area contributed by atoms with E-state index in [-0.39, 0.29) is 24.0 Å². The number of hydrogen-bond donors (Lipinski definition) is 2. The Hall–Kier alpha value is -0.840. The summed E-state index contributed by atoms with van der Waals surface area (Å²) in [4.78, 5) is 7.27. The summed E-state index contributed by atoms with van der Waals surface area (Å²) in [6, 6.07) is 4.41. The Kier molecular flexibility index (Phi) is 12.1. The molecule has 0 bridgehead atoms. The molecule has 1 saturated carbocycles. The lowest BCUT2D eigenvalue weighted by Gasteiger charge is -2.31. The number of hydrogen-bond acceptors (Lipinski definition) is 5. The molecule has 2 fully saturated rings. The molecule has 1 aliphatic carbocycles. The maximum Gasteiger partial charge on any atom is 0.191 e. The third-order valence-electron chi connectivity index (χ3n) is 5.51. The van der Waals surface area contributed by atoms with Crippen LogP contribution in [0.3, 0.4) is 0 Å². The van der Waals surface area contributed by atoms with Crippen LogP contribution in [0.25, 0.3) is 0 Å². The zero-order valence-corrected chi connectivity index (χ0v) is 20.8. The van der Waals surface area contributed by atoms with Crippen LogP contribution in [0.15, 0.2) is 27.8 Å². The molecular weight excluding hydrogens is 495 g/mol. The van der Waals surface area contributed by atoms with Gasteiger partial charge in [-0.1, -0.05) is 0 Å². The number of morpholine rings is 1. The molecule has 172 valence electrons. The third kappa shape index (κ3) is 9.53. The standard InChI is InChI=1S/C22H38N4O3.HI/c1-18(2)29-21-7-5-19(6-8-21)25-22(23-10-9-20-4-3-15-28-20)24-11-12-26-13-16-27-17-14-26;/h3-4,15,18-19,21H,5-14,16-17H2,1-2H3,(H2,23,24,25);1H. The summed E-state index contributed by atoms with van der Waals surface area (Å²) in [5, 5.41) is 7.15. The largest absolute Gasteiger partial charge is 0.469 e. The van der Waals surface area contributed by atoms with E-state index in [0.717, 1.165) is 89.8 Å². The van der Waals surface area contributed by atoms with Crippen LogP contribution in [-0.2, 0) is 15.9 Å². The first kappa shape index (κ1) is 25.4. The van der Waals surface area contributed by atoms with Crippen molar-refractivity contribution in [3.63, 3.8) is 0 Å². The Morgan fingerprint density at radius 1 is 1.23 bits per heavy atom. The molecule has 1 aliphatic heterocycles. The normalized spacial score (nSPS) is 23.2. The second-order valence-electron chi connectivity index (χ2n) is 8.24. The molecule has 0 radical (unpaired) electrons. The molecule has 0 aromatic carbocycles. The third-order valence-corrected chi connectivity index (χ3v) is 5.51. The topological polar surface area (TPSA) is 71.3 Å². The summed E-state index contributed by atoms with van der Waals surface area (Å²) in [5.74, 6) is 1.91. The van der Waals surface area contributed by atoms with Crippen LogP contribution < -0.4 is 10.6 Å². The van der Waals surface area contributed by atoms with Gasteiger partial charge in [-0.25, -0.2) is 0 Å². The zero-order chi connectivity index (χ0) is 20.3. The summed E-state index contributed by atoms with van der Waals surface area (Å²) in [6.45, 7) is 10.5. The van der Waals surface area contributed by atoms with E-state index in [1.165, 1.54) is 0 Å². The van der Waals surface area contributed by atoms with Gasteiger partial charge in [0.2, 0.25) is 0 Å². The van der Waals surface area contributed by atoms with Crippen molar-refractivity contribution in [1.82, 2.24) is 15.5 Å². The molecule has 2 N–H and O–H groups in total. The van der Waals surface area contributed by atoms with Crippen LogP contribution >= 0.6 is 24.0 Å². The maximum absolute atomic E-state index is 5.98. The van der Waals surface area contributed by atoms with Crippen molar-refractivity contribution in [2.75, 3.05) is 45.9 Å². The van der Waals surface area contributed by atoms with E-state index in [0.29, 0.717) is 18.2 Å². The van der Waals surface area contributed by atoms with Gasteiger partial charge in [0.05, 0.1) is 38.2 Å². The molecule has 0 unspecified atom stereocenters. The smallest absolute Gasteiger partial charge is 0.191 e. The monoisotopic (exact) mass is 534 g/mol. The summed E-state index contributed by atoms with van der Waals surface area (Å²) in [7, 11) is 0. The predicted octanol–water partition coefficient (Wildman–Crippen LogP) is 3.04. The molecular formula is C22H39IN4O3. The van der Waals surface area contributed by atoms with Crippen molar-refractivity contribution in [2.45, 2.75) is 64.2 Å². The van der Waals surface area contributed by atoms with E-state index in [1.807, 2.05) is 12.1 Å². The highest BCUT2D eigenvalue weighted by molar-refractivity contribution is 14.0. The fraction of sp³-hybridized carbons (Fsp3) is 0.773. The molecule has 1 saturated heterocycles. The number of ether oxygens (including phenoxy) is 2. The first-order chi connectivity index (χ1) is 14.2. The lowest BCUT2D eigenvalue weighted by atomic mass is 9.93. The predicted molar refractivity (Wildman–Crippen MR) is 131 cm³/mol. The van der Waals surface area contributed by atoms with Gasteiger partial charge in [-0.15, -0.1) is 24.0 Å². The lowest BCUT2D eigenvalue weighted by molar-refractivity contribution is -0.0152. The highest BCUT2D eigenvalue weighted by Gasteiger charge is 2.23. The van der Waals surface area contributed by atoms with Gasteiger partial charge in [0.15, 0.2) is 5.96 Å². The second kappa shape index (κ2) is 14.3. The average molecular weight is 534 g/mol. The van der Waals surface area contributed by atoms with Crippen LogP contribution in [-0.4, -0.2) is 75.0 Å². The highest BCUT2D eigenvalue weighted by atomic mass is 127. The summed E-state index contributed by atoms with van der Waals surface area (Å²) in [5.41, 5.74) is 0. The molecule has 2 heterocycles. The number of rotatable bonds is 9. The summed E-state index contributed by atoms with van der Waals surface area (Å²) in [6.07, 6.45) is 7.77. The number of nitrogens with one attached hydrogen (secondary N) is 2. The molecule has 7 nitrogen and oxygen atoms in total. The van der Waals surface area contributed by atoms with Gasteiger partial charge in [-0.3, -0.25) is 9.89 Å². The Morgan fingerprint density at radius 3 is 2.67 bits per heavy atom. The Labute approximate surface area is 198 Å². The van der Waals surface area contributed by atoms with Crippen LogP contribution in [0.4, 0.5) is 0 Å². The Balaban J connectivity index is 0.00000320. The van der Waals surface area contributed by atoms with Crippen molar-refractivity contribution < 1.29 is 13.9 Å². The van der Waals surface area contributed by atoms with Crippen LogP contribution in [0, 0.1) is 0 Å². The van der Waals surface area contributed by atoms with Crippen molar-refractivity contribution in [2.24, 2.45) is 4.99 Å². The van der Waals surface area contributed by atoms with E-state index in [2.05, 4.69) is 29.4 Å². The molecule has 3 rings (SSSR count). The van der Waals surface area contributed by atoms with Gasteiger partial charge in [0.25, 0.3) is 0 Å². The minimum Gasteiger partial charge on any atom is -0.469 e. The van der Waals surface area contributed by atoms with Gasteiger partial charge in [0, 0.05) is 38.6 Å². The molecule has 1 aromatic rings. The SMILES string of the molecule is CC(C)OC1CCC(NC(=NCCN2CCOCC2)NCCc2ccco2)CC1.I. The van der Waals surface area contributed by atoms with Gasteiger partial charge in [0.1, 0.15) is 5.76 Å². The Bertz CT molecular complexity index is 583. The van der Waals surface area contributed by atoms with Crippen molar-refractivity contribution in [1.29, 1.82) is 0 Å². The number of guanidine groups is 1. The molecule has 8 heteroatoms. The van der Waals surface area contributed by atoms with Gasteiger partial charge < -0.3 is 24.5 Å². The molecule has 30 heavy (non-hydrogen) atoms. The van der Waals surface area contributed by atoms with Crippen LogP contribution in [0.2, 0.25) is 0 Å². The highest BCUT2D eigenvalue weighted by Crippen LogP contribution is 2.22. The fourth-order valence-corrected chi connectivity index (χ4v) is 3.96. The number of aliphatic imine (C=N–C) groups is 1. The van der Waals surface area contributed by atoms with Crippen LogP contribution in [0.1, 0.15) is 45.3 Å². The van der Waals surface area contributed by atoms with E-state index in [9.17, 15) is 0 Å². The van der Waals surface area contributed by atoms with E-state index >= 15 is 0 Å². The maximum atomic E-state index is 5.98. The zero-order valence-electron chi connectivity index (χ0n) is 18.5. The minimum atomic E-state index is 0. The van der Waals surface area contributed by atoms with Crippen molar-refractivity contribution >= 4 is 29.9 Å². The summed E-state index contributed by atoms with van der Waals surface area (Å²) >= 11 is 0. The minimum absolute atomic E-state index is 0. The Morgan fingerprint density at radius 2 is 2.00 bits per heavy atom. The quantitative estimate of drug-likeness (QED) is 0.289. The van der Waals surface area contributed by atoms with Crippen LogP contribution in [0.5, 0.6) is 0 Å². The van der Waals surface area contributed by atoms with Gasteiger partial charge in [-0.2, -0.15) is 0 Å². The lowest BCUT2D eigenvalue weighted by Crippen LogP contribution is -2.46. The average Bonchev–Trinajstić information content (AvgIpc) is 3.23. The molecule has 2 aliphatic rings. The summed E-state index contributed by atoms with van der Waals surface area (Å²) < 4.78 is 16.8. The van der Waals surface area contributed by atoms with Crippen molar-refractivity contribution in [3.05, 3.63) is 24.2 Å². The first-order valence-electron chi connectivity index (χ1n) is 11.2. The first-order valence-corrected chi connectivity index (χ1v) is 11.2. The second-order valence-corrected chi connectivity index (χ2v) is 8.24. The number of furan rings is 1. The fourth-order valence-electron chi connectivity index (χ4n) is 3.96. The van der Waals surface area contributed by atoms with Gasteiger partial charge in [-0.05, 0) is 51.7 Å². The van der Waals surface area contributed by atoms with E-state index in [4.69, 9.17) is 18.9 Å². The van der Waals surface area contributed by atoms with Crippen molar-refractivity contribution in [3.8, 4) is 0 Å². The molecule has 1 aromatic heterocycles. The molecule has 0 spiro atoms. The molecule has 0 atom stereocenters. The van der Waals surface area contributed by atoms with E-state index in [1.54, 1.807) is 6.26 Å². The van der Waals surface area contributed by atoms with Gasteiger partial charge >= 0.3 is 0 Å².